The van der Waals surface area contributed by atoms with Gasteiger partial charge in [0.25, 0.3) is 10.0 Å². The van der Waals surface area contributed by atoms with E-state index in [9.17, 15) is 31.2 Å². The number of carbonyl (C=O) groups excluding carboxylic acids is 2. The molecule has 0 heterocycles. The van der Waals surface area contributed by atoms with Gasteiger partial charge in [-0.25, -0.2) is 8.42 Å². The van der Waals surface area contributed by atoms with Crippen molar-refractivity contribution in [2.45, 2.75) is 63.8 Å². The fourth-order valence-corrected chi connectivity index (χ4v) is 5.94. The van der Waals surface area contributed by atoms with Crippen LogP contribution in [0.15, 0.2) is 82.2 Å². The standard InChI is InChI=1S/C30H33BrF3N3O4S/c1-20-12-14-26(15-13-20)42(40,41)37(25-11-7-9-23(17-25)30(32,33)34)19-27(38)36(18-22-8-6-10-24(31)16-22)21(2)28(39)35-29(3,4)5/h6-17,21H,18-19H2,1-5H3,(H,35,39)/t21-/m1/s1. The van der Waals surface area contributed by atoms with Crippen molar-refractivity contribution in [3.05, 3.63) is 94.0 Å². The normalized spacial score (nSPS) is 12.9. The number of rotatable bonds is 9. The van der Waals surface area contributed by atoms with Crippen molar-refractivity contribution < 1.29 is 31.2 Å². The number of halogens is 4. The number of alkyl halides is 3. The van der Waals surface area contributed by atoms with Gasteiger partial charge in [0.1, 0.15) is 12.6 Å². The molecule has 2 amide bonds. The smallest absolute Gasteiger partial charge is 0.350 e. The van der Waals surface area contributed by atoms with E-state index < -0.39 is 51.7 Å². The lowest BCUT2D eigenvalue weighted by Gasteiger charge is -2.33. The van der Waals surface area contributed by atoms with Gasteiger partial charge < -0.3 is 10.2 Å². The molecule has 3 aromatic rings. The van der Waals surface area contributed by atoms with Gasteiger partial charge in [-0.2, -0.15) is 13.2 Å². The van der Waals surface area contributed by atoms with Crippen molar-refractivity contribution in [3.8, 4) is 0 Å². The van der Waals surface area contributed by atoms with E-state index in [4.69, 9.17) is 0 Å². The van der Waals surface area contributed by atoms with Crippen LogP contribution in [-0.2, 0) is 32.3 Å². The van der Waals surface area contributed by atoms with Gasteiger partial charge in [0.2, 0.25) is 11.8 Å². The Bertz CT molecular complexity index is 1540. The minimum Gasteiger partial charge on any atom is -0.350 e. The number of hydrogen-bond donors (Lipinski definition) is 1. The van der Waals surface area contributed by atoms with Crippen LogP contribution in [0.4, 0.5) is 18.9 Å². The highest BCUT2D eigenvalue weighted by Gasteiger charge is 2.35. The summed E-state index contributed by atoms with van der Waals surface area (Å²) in [5.74, 6) is -1.25. The Morgan fingerprint density at radius 1 is 0.952 bits per heavy atom. The van der Waals surface area contributed by atoms with E-state index in [1.165, 1.54) is 30.0 Å². The molecule has 0 bridgehead atoms. The molecule has 0 aliphatic carbocycles. The van der Waals surface area contributed by atoms with Crippen LogP contribution in [0.5, 0.6) is 0 Å². The number of anilines is 1. The molecule has 12 heteroatoms. The van der Waals surface area contributed by atoms with E-state index in [-0.39, 0.29) is 17.1 Å². The maximum absolute atomic E-state index is 13.9. The molecule has 0 radical (unpaired) electrons. The van der Waals surface area contributed by atoms with Gasteiger partial charge >= 0.3 is 6.18 Å². The first kappa shape index (κ1) is 33.1. The van der Waals surface area contributed by atoms with Crippen LogP contribution >= 0.6 is 15.9 Å². The second-order valence-corrected chi connectivity index (χ2v) is 13.7. The third kappa shape index (κ3) is 8.57. The summed E-state index contributed by atoms with van der Waals surface area (Å²) in [5, 5.41) is 2.82. The van der Waals surface area contributed by atoms with Crippen LogP contribution < -0.4 is 9.62 Å². The minimum atomic E-state index is -4.74. The lowest BCUT2D eigenvalue weighted by atomic mass is 10.1. The van der Waals surface area contributed by atoms with E-state index in [1.807, 2.05) is 0 Å². The Labute approximate surface area is 252 Å². The third-order valence-corrected chi connectivity index (χ3v) is 8.54. The van der Waals surface area contributed by atoms with Gasteiger partial charge in [-0.3, -0.25) is 13.9 Å². The van der Waals surface area contributed by atoms with Crippen molar-refractivity contribution in [2.75, 3.05) is 10.8 Å². The molecule has 0 aliphatic rings. The van der Waals surface area contributed by atoms with Gasteiger partial charge in [0, 0.05) is 16.6 Å². The van der Waals surface area contributed by atoms with Crippen LogP contribution in [0, 0.1) is 6.92 Å². The Morgan fingerprint density at radius 2 is 1.57 bits per heavy atom. The predicted molar refractivity (Wildman–Crippen MR) is 159 cm³/mol. The fraction of sp³-hybridized carbons (Fsp3) is 0.333. The van der Waals surface area contributed by atoms with Crippen LogP contribution in [0.1, 0.15) is 44.4 Å². The van der Waals surface area contributed by atoms with Crippen molar-refractivity contribution in [1.82, 2.24) is 10.2 Å². The first-order chi connectivity index (χ1) is 19.4. The van der Waals surface area contributed by atoms with E-state index in [2.05, 4.69) is 21.2 Å². The number of benzene rings is 3. The van der Waals surface area contributed by atoms with E-state index in [0.29, 0.717) is 15.9 Å². The summed E-state index contributed by atoms with van der Waals surface area (Å²) < 4.78 is 69.9. The van der Waals surface area contributed by atoms with Crippen LogP contribution in [0.25, 0.3) is 0 Å². The SMILES string of the molecule is Cc1ccc(S(=O)(=O)N(CC(=O)N(Cc2cccc(Br)c2)[C@H](C)C(=O)NC(C)(C)C)c2cccc(C(F)(F)F)c2)cc1. The molecule has 0 saturated carbocycles. The minimum absolute atomic E-state index is 0.0575. The zero-order valence-electron chi connectivity index (χ0n) is 23.9. The summed E-state index contributed by atoms with van der Waals surface area (Å²) >= 11 is 3.38. The van der Waals surface area contributed by atoms with Crippen molar-refractivity contribution in [3.63, 3.8) is 0 Å². The summed E-state index contributed by atoms with van der Waals surface area (Å²) in [6.07, 6.45) is -4.74. The van der Waals surface area contributed by atoms with Gasteiger partial charge in [-0.1, -0.05) is 51.8 Å². The molecule has 1 N–H and O–H groups in total. The molecule has 7 nitrogen and oxygen atoms in total. The monoisotopic (exact) mass is 667 g/mol. The molecule has 3 rings (SSSR count). The van der Waals surface area contributed by atoms with E-state index in [1.54, 1.807) is 64.1 Å². The molecule has 1 atom stereocenters. The van der Waals surface area contributed by atoms with Gasteiger partial charge in [0.05, 0.1) is 16.1 Å². The summed E-state index contributed by atoms with van der Waals surface area (Å²) in [5.41, 5.74) is -0.600. The van der Waals surface area contributed by atoms with Gasteiger partial charge in [0.15, 0.2) is 0 Å². The number of hydrogen-bond acceptors (Lipinski definition) is 4. The number of amides is 2. The predicted octanol–water partition coefficient (Wildman–Crippen LogP) is 6.30. The largest absolute Gasteiger partial charge is 0.416 e. The average Bonchev–Trinajstić information content (AvgIpc) is 2.88. The van der Waals surface area contributed by atoms with Crippen LogP contribution in [0.3, 0.4) is 0 Å². The second kappa shape index (κ2) is 12.9. The Balaban J connectivity index is 2.10. The summed E-state index contributed by atoms with van der Waals surface area (Å²) in [7, 11) is -4.51. The Kier molecular flexibility index (Phi) is 10.1. The molecule has 42 heavy (non-hydrogen) atoms. The van der Waals surface area contributed by atoms with Crippen LogP contribution in [-0.4, -0.2) is 43.3 Å². The van der Waals surface area contributed by atoms with E-state index >= 15 is 0 Å². The lowest BCUT2D eigenvalue weighted by Crippen LogP contribution is -2.54. The topological polar surface area (TPSA) is 86.8 Å². The summed E-state index contributed by atoms with van der Waals surface area (Å²) in [4.78, 5) is 28.1. The van der Waals surface area contributed by atoms with Gasteiger partial charge in [-0.05, 0) is 82.6 Å². The number of carbonyl (C=O) groups is 2. The highest BCUT2D eigenvalue weighted by atomic mass is 79.9. The number of nitrogens with one attached hydrogen (secondary N) is 1. The van der Waals surface area contributed by atoms with Crippen molar-refractivity contribution >= 4 is 43.5 Å². The quantitative estimate of drug-likeness (QED) is 0.290. The maximum Gasteiger partial charge on any atom is 0.416 e. The third-order valence-electron chi connectivity index (χ3n) is 6.26. The molecule has 0 fully saturated rings. The number of nitrogens with zero attached hydrogens (tertiary/aromatic N) is 2. The van der Waals surface area contributed by atoms with E-state index in [0.717, 1.165) is 22.2 Å². The maximum atomic E-state index is 13.9. The van der Waals surface area contributed by atoms with Crippen molar-refractivity contribution in [2.24, 2.45) is 0 Å². The zero-order valence-corrected chi connectivity index (χ0v) is 26.3. The molecular weight excluding hydrogens is 635 g/mol. The highest BCUT2D eigenvalue weighted by Crippen LogP contribution is 2.33. The molecule has 0 aromatic heterocycles. The first-order valence-corrected chi connectivity index (χ1v) is 15.2. The first-order valence-electron chi connectivity index (χ1n) is 13.0. The molecule has 3 aromatic carbocycles. The van der Waals surface area contributed by atoms with Crippen molar-refractivity contribution in [1.29, 1.82) is 0 Å². The highest BCUT2D eigenvalue weighted by molar-refractivity contribution is 9.10. The average molecular weight is 669 g/mol. The van der Waals surface area contributed by atoms with Crippen LogP contribution in [0.2, 0.25) is 0 Å². The zero-order chi connectivity index (χ0) is 31.5. The molecule has 0 unspecified atom stereocenters. The number of aryl methyl sites for hydroxylation is 1. The fourth-order valence-electron chi connectivity index (χ4n) is 4.09. The molecule has 0 aliphatic heterocycles. The number of sulfonamides is 1. The lowest BCUT2D eigenvalue weighted by molar-refractivity contribution is -0.140. The molecule has 226 valence electrons. The second-order valence-electron chi connectivity index (χ2n) is 10.9. The molecular formula is C30H33BrF3N3O4S. The molecule has 0 spiro atoms. The summed E-state index contributed by atoms with van der Waals surface area (Å²) in [6, 6.07) is 15.5. The summed E-state index contributed by atoms with van der Waals surface area (Å²) in [6.45, 7) is 7.70. The Morgan fingerprint density at radius 3 is 2.14 bits per heavy atom. The molecule has 0 saturated heterocycles. The van der Waals surface area contributed by atoms with Gasteiger partial charge in [-0.15, -0.1) is 0 Å². The Hall–Kier alpha value is -3.38.